The number of hydrogen-bond donors (Lipinski definition) is 1. The molecule has 3 aliphatic rings. The van der Waals surface area contributed by atoms with Crippen LogP contribution in [0.15, 0.2) is 28.1 Å². The SMILES string of the molecule is CN1C(=O)N[C@H](c2ccsc2)C2=C1CN(C[C@@H]1CCCO1)C2=O. The Morgan fingerprint density at radius 1 is 1.43 bits per heavy atom. The zero-order valence-electron chi connectivity index (χ0n) is 12.9. The van der Waals surface area contributed by atoms with Gasteiger partial charge in [-0.3, -0.25) is 9.69 Å². The first kappa shape index (κ1) is 14.7. The highest BCUT2D eigenvalue weighted by atomic mass is 32.1. The molecule has 2 atom stereocenters. The van der Waals surface area contributed by atoms with E-state index in [-0.39, 0.29) is 24.1 Å². The molecule has 0 bridgehead atoms. The summed E-state index contributed by atoms with van der Waals surface area (Å²) in [6.07, 6.45) is 2.17. The Morgan fingerprint density at radius 3 is 3.00 bits per heavy atom. The maximum atomic E-state index is 12.9. The van der Waals surface area contributed by atoms with E-state index in [1.54, 1.807) is 23.3 Å². The monoisotopic (exact) mass is 333 g/mol. The lowest BCUT2D eigenvalue weighted by molar-refractivity contribution is -0.127. The first-order chi connectivity index (χ1) is 11.1. The van der Waals surface area contributed by atoms with Gasteiger partial charge in [0.1, 0.15) is 0 Å². The number of carbonyl (C=O) groups is 2. The van der Waals surface area contributed by atoms with Gasteiger partial charge in [0.05, 0.1) is 30.0 Å². The summed E-state index contributed by atoms with van der Waals surface area (Å²) >= 11 is 1.57. The second kappa shape index (κ2) is 5.65. The van der Waals surface area contributed by atoms with Crippen molar-refractivity contribution in [3.05, 3.63) is 33.7 Å². The third kappa shape index (κ3) is 2.44. The molecule has 0 radical (unpaired) electrons. The highest BCUT2D eigenvalue weighted by Gasteiger charge is 2.43. The van der Waals surface area contributed by atoms with Gasteiger partial charge in [0.2, 0.25) is 0 Å². The number of carbonyl (C=O) groups excluding carboxylic acids is 2. The van der Waals surface area contributed by atoms with Gasteiger partial charge < -0.3 is 15.0 Å². The molecule has 23 heavy (non-hydrogen) atoms. The Kier molecular flexibility index (Phi) is 3.61. The third-order valence-electron chi connectivity index (χ3n) is 4.76. The molecule has 1 N–H and O–H groups in total. The van der Waals surface area contributed by atoms with Crippen LogP contribution in [0, 0.1) is 0 Å². The van der Waals surface area contributed by atoms with E-state index in [9.17, 15) is 9.59 Å². The molecule has 0 aliphatic carbocycles. The van der Waals surface area contributed by atoms with Crippen LogP contribution in [-0.4, -0.2) is 54.6 Å². The minimum atomic E-state index is -0.345. The van der Waals surface area contributed by atoms with Crippen molar-refractivity contribution in [2.75, 3.05) is 26.7 Å². The summed E-state index contributed by atoms with van der Waals surface area (Å²) in [6.45, 7) is 1.86. The van der Waals surface area contributed by atoms with E-state index < -0.39 is 0 Å². The number of ether oxygens (including phenoxy) is 1. The van der Waals surface area contributed by atoms with Crippen LogP contribution < -0.4 is 5.32 Å². The summed E-state index contributed by atoms with van der Waals surface area (Å²) in [5.74, 6) is 0.0125. The number of rotatable bonds is 3. The highest BCUT2D eigenvalue weighted by molar-refractivity contribution is 7.08. The standard InChI is InChI=1S/C16H19N3O3S/c1-18-12-8-19(7-11-3-2-5-22-11)15(20)13(12)14(17-16(18)21)10-4-6-23-9-10/h4,6,9,11,14H,2-3,5,7-8H2,1H3,(H,17,21)/t11-,14+/m0/s1. The molecule has 7 heteroatoms. The summed E-state index contributed by atoms with van der Waals surface area (Å²) in [6, 6.07) is 1.45. The van der Waals surface area contributed by atoms with E-state index in [4.69, 9.17) is 4.74 Å². The van der Waals surface area contributed by atoms with E-state index in [0.29, 0.717) is 18.7 Å². The van der Waals surface area contributed by atoms with Crippen molar-refractivity contribution in [1.29, 1.82) is 0 Å². The summed E-state index contributed by atoms with van der Waals surface area (Å²) in [5.41, 5.74) is 2.48. The van der Waals surface area contributed by atoms with Gasteiger partial charge in [-0.1, -0.05) is 0 Å². The van der Waals surface area contributed by atoms with Crippen LogP contribution in [0.3, 0.4) is 0 Å². The zero-order chi connectivity index (χ0) is 16.0. The smallest absolute Gasteiger partial charge is 0.322 e. The molecule has 0 spiro atoms. The van der Waals surface area contributed by atoms with Crippen molar-refractivity contribution in [2.24, 2.45) is 0 Å². The lowest BCUT2D eigenvalue weighted by Crippen LogP contribution is -2.45. The van der Waals surface area contributed by atoms with Gasteiger partial charge in [-0.15, -0.1) is 0 Å². The zero-order valence-corrected chi connectivity index (χ0v) is 13.8. The van der Waals surface area contributed by atoms with Crippen LogP contribution in [0.25, 0.3) is 0 Å². The number of likely N-dealkylation sites (N-methyl/N-ethyl adjacent to an activating group) is 1. The van der Waals surface area contributed by atoms with Crippen molar-refractivity contribution < 1.29 is 14.3 Å². The molecule has 0 aromatic carbocycles. The second-order valence-corrected chi connectivity index (χ2v) is 6.96. The van der Waals surface area contributed by atoms with Gasteiger partial charge in [-0.25, -0.2) is 4.79 Å². The summed E-state index contributed by atoms with van der Waals surface area (Å²) in [4.78, 5) is 28.5. The van der Waals surface area contributed by atoms with Crippen molar-refractivity contribution in [1.82, 2.24) is 15.1 Å². The quantitative estimate of drug-likeness (QED) is 0.916. The number of thiophene rings is 1. The van der Waals surface area contributed by atoms with Gasteiger partial charge in [0.15, 0.2) is 0 Å². The molecular formula is C16H19N3O3S. The molecule has 3 amide bonds. The average Bonchev–Trinajstić information content (AvgIpc) is 3.26. The molecule has 1 aromatic rings. The summed E-state index contributed by atoms with van der Waals surface area (Å²) in [5, 5.41) is 6.89. The van der Waals surface area contributed by atoms with Crippen molar-refractivity contribution in [3.63, 3.8) is 0 Å². The number of urea groups is 1. The largest absolute Gasteiger partial charge is 0.376 e. The Morgan fingerprint density at radius 2 is 2.30 bits per heavy atom. The fourth-order valence-corrected chi connectivity index (χ4v) is 4.18. The number of amides is 3. The van der Waals surface area contributed by atoms with Gasteiger partial charge >= 0.3 is 6.03 Å². The topological polar surface area (TPSA) is 61.9 Å². The molecule has 0 unspecified atom stereocenters. The van der Waals surface area contributed by atoms with Gasteiger partial charge in [-0.05, 0) is 35.2 Å². The maximum Gasteiger partial charge on any atom is 0.322 e. The predicted octanol–water partition coefficient (Wildman–Crippen LogP) is 1.72. The minimum absolute atomic E-state index is 0.0125. The molecule has 122 valence electrons. The summed E-state index contributed by atoms with van der Waals surface area (Å²) in [7, 11) is 1.72. The van der Waals surface area contributed by atoms with Crippen LogP contribution >= 0.6 is 11.3 Å². The fraction of sp³-hybridized carbons (Fsp3) is 0.500. The van der Waals surface area contributed by atoms with Gasteiger partial charge in [-0.2, -0.15) is 11.3 Å². The maximum absolute atomic E-state index is 12.9. The molecular weight excluding hydrogens is 314 g/mol. The van der Waals surface area contributed by atoms with E-state index in [1.807, 2.05) is 21.7 Å². The fourth-order valence-electron chi connectivity index (χ4n) is 3.49. The lowest BCUT2D eigenvalue weighted by Gasteiger charge is -2.30. The van der Waals surface area contributed by atoms with E-state index in [2.05, 4.69) is 5.32 Å². The Balaban J connectivity index is 1.63. The molecule has 4 heterocycles. The van der Waals surface area contributed by atoms with Crippen LogP contribution in [0.4, 0.5) is 4.79 Å². The average molecular weight is 333 g/mol. The normalized spacial score (nSPS) is 27.7. The lowest BCUT2D eigenvalue weighted by atomic mass is 9.98. The Bertz CT molecular complexity index is 664. The van der Waals surface area contributed by atoms with Crippen LogP contribution in [0.5, 0.6) is 0 Å². The van der Waals surface area contributed by atoms with E-state index in [1.165, 1.54) is 0 Å². The predicted molar refractivity (Wildman–Crippen MR) is 85.9 cm³/mol. The van der Waals surface area contributed by atoms with Gasteiger partial charge in [0, 0.05) is 20.2 Å². The van der Waals surface area contributed by atoms with E-state index >= 15 is 0 Å². The first-order valence-electron chi connectivity index (χ1n) is 7.85. The first-order valence-corrected chi connectivity index (χ1v) is 8.79. The molecule has 4 rings (SSSR count). The van der Waals surface area contributed by atoms with E-state index in [0.717, 1.165) is 30.7 Å². The molecule has 1 fully saturated rings. The minimum Gasteiger partial charge on any atom is -0.376 e. The highest BCUT2D eigenvalue weighted by Crippen LogP contribution is 2.36. The number of nitrogens with one attached hydrogen (secondary N) is 1. The second-order valence-electron chi connectivity index (χ2n) is 6.18. The van der Waals surface area contributed by atoms with Crippen molar-refractivity contribution in [2.45, 2.75) is 25.0 Å². The third-order valence-corrected chi connectivity index (χ3v) is 5.46. The summed E-state index contributed by atoms with van der Waals surface area (Å²) < 4.78 is 5.66. The molecule has 6 nitrogen and oxygen atoms in total. The molecule has 0 saturated carbocycles. The molecule has 3 aliphatic heterocycles. The van der Waals surface area contributed by atoms with Crippen LogP contribution in [0.1, 0.15) is 24.4 Å². The van der Waals surface area contributed by atoms with Gasteiger partial charge in [0.25, 0.3) is 5.91 Å². The Labute approximate surface area is 138 Å². The number of nitrogens with zero attached hydrogens (tertiary/aromatic N) is 2. The van der Waals surface area contributed by atoms with Crippen LogP contribution in [-0.2, 0) is 9.53 Å². The molecule has 1 aromatic heterocycles. The Hall–Kier alpha value is -1.86. The van der Waals surface area contributed by atoms with Crippen molar-refractivity contribution >= 4 is 23.3 Å². The van der Waals surface area contributed by atoms with Crippen molar-refractivity contribution in [3.8, 4) is 0 Å². The molecule has 1 saturated heterocycles. The van der Waals surface area contributed by atoms with Crippen LogP contribution in [0.2, 0.25) is 0 Å². The number of hydrogen-bond acceptors (Lipinski definition) is 4.